The number of hydrogen-bond acceptors (Lipinski definition) is 3. The Hall–Kier alpha value is -0.570. The van der Waals surface area contributed by atoms with E-state index in [2.05, 4.69) is 15.9 Å². The van der Waals surface area contributed by atoms with Crippen LogP contribution in [0.5, 0.6) is 0 Å². The van der Waals surface area contributed by atoms with E-state index in [0.717, 1.165) is 23.2 Å². The molecule has 1 aliphatic rings. The fourth-order valence-corrected chi connectivity index (χ4v) is 4.70. The third-order valence-corrected chi connectivity index (χ3v) is 6.19. The molecule has 1 aromatic rings. The molecule has 1 saturated heterocycles. The average Bonchev–Trinajstić information content (AvgIpc) is 2.38. The minimum atomic E-state index is -4.03. The van der Waals surface area contributed by atoms with Crippen molar-refractivity contribution in [1.82, 2.24) is 4.31 Å². The van der Waals surface area contributed by atoms with Crippen LogP contribution in [0.4, 0.5) is 8.78 Å². The molecule has 1 unspecified atom stereocenters. The first-order chi connectivity index (χ1) is 9.82. The topological polar surface area (TPSA) is 46.6 Å². The van der Waals surface area contributed by atoms with Gasteiger partial charge >= 0.3 is 0 Å². The fraction of sp³-hybridized carbons (Fsp3) is 0.538. The second-order valence-corrected chi connectivity index (χ2v) is 7.90. The van der Waals surface area contributed by atoms with Crippen LogP contribution in [0.25, 0.3) is 0 Å². The Morgan fingerprint density at radius 3 is 2.71 bits per heavy atom. The van der Waals surface area contributed by atoms with E-state index < -0.39 is 26.6 Å². The lowest BCUT2D eigenvalue weighted by Crippen LogP contribution is -2.35. The highest BCUT2D eigenvalue weighted by molar-refractivity contribution is 9.10. The van der Waals surface area contributed by atoms with Crippen LogP contribution >= 0.6 is 15.9 Å². The lowest BCUT2D eigenvalue weighted by atomic mass is 10.0. The molecule has 1 atom stereocenters. The molecule has 0 N–H and O–H groups in total. The summed E-state index contributed by atoms with van der Waals surface area (Å²) in [5, 5.41) is 0. The highest BCUT2D eigenvalue weighted by Crippen LogP contribution is 2.29. The zero-order valence-electron chi connectivity index (χ0n) is 11.5. The first kappa shape index (κ1) is 16.8. The number of hydrogen-bond donors (Lipinski definition) is 0. The maximum Gasteiger partial charge on any atom is 0.246 e. The van der Waals surface area contributed by atoms with Gasteiger partial charge in [-0.25, -0.2) is 21.5 Å². The van der Waals surface area contributed by atoms with Gasteiger partial charge in [-0.05, 0) is 40.8 Å². The molecule has 1 heterocycles. The van der Waals surface area contributed by atoms with Crippen LogP contribution in [0.2, 0.25) is 0 Å². The molecule has 0 spiro atoms. The third-order valence-electron chi connectivity index (χ3n) is 3.40. The molecule has 0 radical (unpaired) electrons. The SMILES string of the molecule is CN(CC1CCCOC1)S(=O)(=O)c1c(F)cc(F)cc1Br. The lowest BCUT2D eigenvalue weighted by molar-refractivity contribution is 0.0495. The molecule has 0 aromatic heterocycles. The van der Waals surface area contributed by atoms with Gasteiger partial charge in [-0.1, -0.05) is 0 Å². The highest BCUT2D eigenvalue weighted by Gasteiger charge is 2.30. The van der Waals surface area contributed by atoms with E-state index in [1.54, 1.807) is 0 Å². The van der Waals surface area contributed by atoms with Crippen molar-refractivity contribution >= 4 is 26.0 Å². The zero-order chi connectivity index (χ0) is 15.6. The predicted molar refractivity (Wildman–Crippen MR) is 77.4 cm³/mol. The van der Waals surface area contributed by atoms with E-state index in [0.29, 0.717) is 19.3 Å². The van der Waals surface area contributed by atoms with Gasteiger partial charge in [0.1, 0.15) is 16.5 Å². The van der Waals surface area contributed by atoms with Crippen LogP contribution in [0, 0.1) is 17.6 Å². The van der Waals surface area contributed by atoms with Crippen molar-refractivity contribution in [3.8, 4) is 0 Å². The second-order valence-electron chi connectivity index (χ2n) is 5.07. The summed E-state index contributed by atoms with van der Waals surface area (Å²) in [7, 11) is -2.64. The van der Waals surface area contributed by atoms with Gasteiger partial charge in [0.15, 0.2) is 0 Å². The minimum absolute atomic E-state index is 0.0841. The molecule has 2 rings (SSSR count). The van der Waals surface area contributed by atoms with Gasteiger partial charge in [-0.2, -0.15) is 0 Å². The predicted octanol–water partition coefficient (Wildman–Crippen LogP) is 2.77. The highest BCUT2D eigenvalue weighted by atomic mass is 79.9. The molecular weight excluding hydrogens is 368 g/mol. The molecule has 1 aliphatic heterocycles. The summed E-state index contributed by atoms with van der Waals surface area (Å²) in [4.78, 5) is -0.539. The van der Waals surface area contributed by atoms with Crippen LogP contribution in [-0.4, -0.2) is 39.5 Å². The van der Waals surface area contributed by atoms with E-state index in [-0.39, 0.29) is 16.9 Å². The van der Waals surface area contributed by atoms with Crippen LogP contribution in [0.15, 0.2) is 21.5 Å². The van der Waals surface area contributed by atoms with Crippen LogP contribution in [0.3, 0.4) is 0 Å². The van der Waals surface area contributed by atoms with Gasteiger partial charge in [-0.3, -0.25) is 0 Å². The van der Waals surface area contributed by atoms with Crippen LogP contribution < -0.4 is 0 Å². The summed E-state index contributed by atoms with van der Waals surface area (Å²) in [6.45, 7) is 1.42. The second kappa shape index (κ2) is 6.68. The van der Waals surface area contributed by atoms with E-state index in [4.69, 9.17) is 4.74 Å². The van der Waals surface area contributed by atoms with Gasteiger partial charge in [0.25, 0.3) is 0 Å². The Morgan fingerprint density at radius 2 is 2.14 bits per heavy atom. The van der Waals surface area contributed by atoms with E-state index in [1.165, 1.54) is 7.05 Å². The van der Waals surface area contributed by atoms with Gasteiger partial charge in [0.2, 0.25) is 10.0 Å². The largest absolute Gasteiger partial charge is 0.381 e. The van der Waals surface area contributed by atoms with E-state index in [9.17, 15) is 17.2 Å². The zero-order valence-corrected chi connectivity index (χ0v) is 13.9. The van der Waals surface area contributed by atoms with E-state index in [1.807, 2.05) is 0 Å². The third kappa shape index (κ3) is 3.80. The van der Waals surface area contributed by atoms with Crippen LogP contribution in [-0.2, 0) is 14.8 Å². The number of ether oxygens (including phenoxy) is 1. The molecule has 4 nitrogen and oxygen atoms in total. The molecule has 0 bridgehead atoms. The summed E-state index contributed by atoms with van der Waals surface area (Å²) in [5.41, 5.74) is 0. The van der Waals surface area contributed by atoms with Gasteiger partial charge in [0, 0.05) is 30.7 Å². The number of sulfonamides is 1. The van der Waals surface area contributed by atoms with Gasteiger partial charge in [-0.15, -0.1) is 0 Å². The number of benzene rings is 1. The smallest absolute Gasteiger partial charge is 0.246 e. The number of halogens is 3. The van der Waals surface area contributed by atoms with E-state index >= 15 is 0 Å². The maximum absolute atomic E-state index is 13.8. The Bertz CT molecular complexity index is 595. The summed E-state index contributed by atoms with van der Waals surface area (Å²) in [6.07, 6.45) is 1.75. The van der Waals surface area contributed by atoms with Crippen molar-refractivity contribution < 1.29 is 21.9 Å². The molecule has 0 aliphatic carbocycles. The standard InChI is InChI=1S/C13H16BrF2NO3S/c1-17(7-9-3-2-4-20-8-9)21(18,19)13-11(14)5-10(15)6-12(13)16/h5-6,9H,2-4,7-8H2,1H3. The summed E-state index contributed by atoms with van der Waals surface area (Å²) >= 11 is 2.92. The first-order valence-corrected chi connectivity index (χ1v) is 8.74. The average molecular weight is 384 g/mol. The van der Waals surface area contributed by atoms with Crippen molar-refractivity contribution in [2.75, 3.05) is 26.8 Å². The molecule has 1 fully saturated rings. The fourth-order valence-electron chi connectivity index (χ4n) is 2.34. The van der Waals surface area contributed by atoms with Gasteiger partial charge in [0.05, 0.1) is 6.61 Å². The Labute approximate surface area is 131 Å². The maximum atomic E-state index is 13.8. The van der Waals surface area contributed by atoms with Crippen molar-refractivity contribution in [2.24, 2.45) is 5.92 Å². The summed E-state index contributed by atoms with van der Waals surface area (Å²) < 4.78 is 58.1. The lowest BCUT2D eigenvalue weighted by Gasteiger charge is -2.27. The quantitative estimate of drug-likeness (QED) is 0.802. The molecule has 118 valence electrons. The Balaban J connectivity index is 2.24. The molecule has 0 amide bonds. The van der Waals surface area contributed by atoms with Crippen LogP contribution in [0.1, 0.15) is 12.8 Å². The first-order valence-electron chi connectivity index (χ1n) is 6.51. The normalized spacial score (nSPS) is 20.0. The minimum Gasteiger partial charge on any atom is -0.381 e. The van der Waals surface area contributed by atoms with Crippen molar-refractivity contribution in [3.05, 3.63) is 28.2 Å². The molecule has 8 heteroatoms. The molecule has 21 heavy (non-hydrogen) atoms. The van der Waals surface area contributed by atoms with Gasteiger partial charge < -0.3 is 4.74 Å². The number of rotatable bonds is 4. The summed E-state index contributed by atoms with van der Waals surface area (Å²) in [5.74, 6) is -1.85. The van der Waals surface area contributed by atoms with Crippen molar-refractivity contribution in [2.45, 2.75) is 17.7 Å². The molecule has 0 saturated carbocycles. The van der Waals surface area contributed by atoms with Crippen molar-refractivity contribution in [3.63, 3.8) is 0 Å². The molecule has 1 aromatic carbocycles. The summed E-state index contributed by atoms with van der Waals surface area (Å²) in [6, 6.07) is 1.50. The monoisotopic (exact) mass is 383 g/mol. The Kier molecular flexibility index (Phi) is 5.34. The van der Waals surface area contributed by atoms with Crippen molar-refractivity contribution in [1.29, 1.82) is 0 Å². The Morgan fingerprint density at radius 1 is 1.43 bits per heavy atom. The molecular formula is C13H16BrF2NO3S. The number of nitrogens with zero attached hydrogens (tertiary/aromatic N) is 1.